The van der Waals surface area contributed by atoms with Crippen molar-refractivity contribution in [2.45, 2.75) is 13.3 Å². The van der Waals surface area contributed by atoms with Crippen LogP contribution in [0, 0.1) is 6.92 Å². The molecule has 0 fully saturated rings. The molecule has 0 unspecified atom stereocenters. The van der Waals surface area contributed by atoms with Crippen LogP contribution in [-0.4, -0.2) is 10.8 Å². The summed E-state index contributed by atoms with van der Waals surface area (Å²) in [4.78, 5) is 17.4. The summed E-state index contributed by atoms with van der Waals surface area (Å²) in [5.41, 5.74) is 2.63. The van der Waals surface area contributed by atoms with Crippen LogP contribution >= 0.6 is 22.9 Å². The largest absolute Gasteiger partial charge is 0.293 e. The molecule has 0 saturated carbocycles. The zero-order valence-corrected chi connectivity index (χ0v) is 12.5. The van der Waals surface area contributed by atoms with Crippen LogP contribution in [0.4, 0.5) is 0 Å². The Morgan fingerprint density at radius 2 is 2.05 bits per heavy atom. The molecule has 0 bridgehead atoms. The first-order valence-electron chi connectivity index (χ1n) is 6.26. The first kappa shape index (κ1) is 13.3. The topological polar surface area (TPSA) is 30.0 Å². The number of para-hydroxylation sites is 1. The molecule has 0 atom stereocenters. The number of ketones is 1. The third-order valence-electron chi connectivity index (χ3n) is 3.15. The number of thiophene rings is 1. The minimum absolute atomic E-state index is 0.0240. The van der Waals surface area contributed by atoms with Gasteiger partial charge in [-0.05, 0) is 30.0 Å². The van der Waals surface area contributed by atoms with Gasteiger partial charge in [-0.3, -0.25) is 9.78 Å². The van der Waals surface area contributed by atoms with Gasteiger partial charge in [0.2, 0.25) is 0 Å². The molecule has 1 aromatic carbocycles. The van der Waals surface area contributed by atoms with Gasteiger partial charge < -0.3 is 0 Å². The van der Waals surface area contributed by atoms with E-state index in [2.05, 4.69) is 4.98 Å². The number of Topliss-reactive ketones (excluding diaryl/α,β-unsaturated/α-hetero) is 1. The predicted molar refractivity (Wildman–Crippen MR) is 83.8 cm³/mol. The molecular weight excluding hydrogens is 290 g/mol. The number of fused-ring (bicyclic) bond motifs is 1. The van der Waals surface area contributed by atoms with Crippen molar-refractivity contribution in [2.24, 2.45) is 0 Å². The zero-order valence-electron chi connectivity index (χ0n) is 10.9. The average molecular weight is 302 g/mol. The molecule has 4 heteroatoms. The monoisotopic (exact) mass is 301 g/mol. The number of nitrogens with zero attached hydrogens (tertiary/aromatic N) is 1. The van der Waals surface area contributed by atoms with E-state index in [9.17, 15) is 4.79 Å². The third-order valence-corrected chi connectivity index (χ3v) is 4.89. The van der Waals surface area contributed by atoms with Gasteiger partial charge in [0.1, 0.15) is 0 Å². The van der Waals surface area contributed by atoms with E-state index < -0.39 is 0 Å². The van der Waals surface area contributed by atoms with Crippen LogP contribution in [0.25, 0.3) is 10.9 Å². The minimum Gasteiger partial charge on any atom is -0.293 e. The highest BCUT2D eigenvalue weighted by Crippen LogP contribution is 2.28. The minimum atomic E-state index is 0.0240. The molecule has 0 N–H and O–H groups in total. The van der Waals surface area contributed by atoms with Crippen LogP contribution in [0.15, 0.2) is 41.8 Å². The quantitative estimate of drug-likeness (QED) is 0.657. The van der Waals surface area contributed by atoms with Gasteiger partial charge >= 0.3 is 0 Å². The summed E-state index contributed by atoms with van der Waals surface area (Å²) < 4.78 is 0. The molecule has 2 aromatic heterocycles. The van der Waals surface area contributed by atoms with Crippen LogP contribution in [0.3, 0.4) is 0 Å². The van der Waals surface area contributed by atoms with Gasteiger partial charge in [-0.25, -0.2) is 0 Å². The van der Waals surface area contributed by atoms with Crippen molar-refractivity contribution in [3.63, 3.8) is 0 Å². The molecule has 3 rings (SSSR count). The van der Waals surface area contributed by atoms with Crippen LogP contribution in [-0.2, 0) is 6.42 Å². The molecule has 0 radical (unpaired) electrons. The Hall–Kier alpha value is -1.71. The highest BCUT2D eigenvalue weighted by molar-refractivity contribution is 7.13. The number of hydrogen-bond acceptors (Lipinski definition) is 3. The van der Waals surface area contributed by atoms with Crippen LogP contribution in [0.5, 0.6) is 0 Å². The fourth-order valence-electron chi connectivity index (χ4n) is 2.07. The molecule has 2 heterocycles. The summed E-state index contributed by atoms with van der Waals surface area (Å²) in [6.07, 6.45) is 0.282. The van der Waals surface area contributed by atoms with E-state index in [1.165, 1.54) is 11.3 Å². The maximum absolute atomic E-state index is 12.3. The van der Waals surface area contributed by atoms with E-state index in [1.807, 2.05) is 48.7 Å². The van der Waals surface area contributed by atoms with Crippen molar-refractivity contribution in [3.05, 3.63) is 62.9 Å². The Bertz CT molecular complexity index is 794. The molecule has 0 aliphatic heterocycles. The number of benzene rings is 1. The molecule has 0 aliphatic rings. The van der Waals surface area contributed by atoms with E-state index in [1.54, 1.807) is 0 Å². The van der Waals surface area contributed by atoms with Gasteiger partial charge in [0.15, 0.2) is 5.78 Å². The number of hydrogen-bond donors (Lipinski definition) is 0. The maximum Gasteiger partial charge on any atom is 0.180 e. The maximum atomic E-state index is 12.3. The Kier molecular flexibility index (Phi) is 3.55. The SMILES string of the molecule is Cc1csc(C(=O)Cc2ccc3ccccc3n2)c1Cl. The van der Waals surface area contributed by atoms with Crippen molar-refractivity contribution in [1.29, 1.82) is 0 Å². The molecule has 0 aliphatic carbocycles. The Balaban J connectivity index is 1.89. The van der Waals surface area contributed by atoms with Gasteiger partial charge in [0.25, 0.3) is 0 Å². The van der Waals surface area contributed by atoms with Gasteiger partial charge in [0.05, 0.1) is 21.8 Å². The van der Waals surface area contributed by atoms with E-state index in [4.69, 9.17) is 11.6 Å². The first-order chi connectivity index (χ1) is 9.65. The standard InChI is InChI=1S/C16H12ClNOS/c1-10-9-20-16(15(10)17)14(19)8-12-7-6-11-4-2-3-5-13(11)18-12/h2-7,9H,8H2,1H3. The van der Waals surface area contributed by atoms with E-state index in [0.29, 0.717) is 9.90 Å². The third kappa shape index (κ3) is 2.47. The Morgan fingerprint density at radius 3 is 2.80 bits per heavy atom. The summed E-state index contributed by atoms with van der Waals surface area (Å²) in [5.74, 6) is 0.0240. The lowest BCUT2D eigenvalue weighted by molar-refractivity contribution is 0.0996. The highest BCUT2D eigenvalue weighted by Gasteiger charge is 2.15. The van der Waals surface area contributed by atoms with E-state index >= 15 is 0 Å². The molecule has 20 heavy (non-hydrogen) atoms. The van der Waals surface area contributed by atoms with Crippen molar-refractivity contribution in [2.75, 3.05) is 0 Å². The summed E-state index contributed by atoms with van der Waals surface area (Å²) in [5, 5.41) is 3.55. The van der Waals surface area contributed by atoms with Crippen molar-refractivity contribution in [1.82, 2.24) is 4.98 Å². The van der Waals surface area contributed by atoms with Crippen LogP contribution < -0.4 is 0 Å². The van der Waals surface area contributed by atoms with Crippen molar-refractivity contribution in [3.8, 4) is 0 Å². The second kappa shape index (κ2) is 5.35. The predicted octanol–water partition coefficient (Wildman–Crippen LogP) is 4.68. The number of carbonyl (C=O) groups excluding carboxylic acids is 1. The van der Waals surface area contributed by atoms with Crippen LogP contribution in [0.2, 0.25) is 5.02 Å². The van der Waals surface area contributed by atoms with Gasteiger partial charge in [0, 0.05) is 11.1 Å². The lowest BCUT2D eigenvalue weighted by Crippen LogP contribution is -2.04. The van der Waals surface area contributed by atoms with Gasteiger partial charge in [-0.2, -0.15) is 0 Å². The summed E-state index contributed by atoms with van der Waals surface area (Å²) in [7, 11) is 0. The normalized spacial score (nSPS) is 10.9. The van der Waals surface area contributed by atoms with E-state index in [-0.39, 0.29) is 12.2 Å². The molecule has 3 aromatic rings. The highest BCUT2D eigenvalue weighted by atomic mass is 35.5. The fraction of sp³-hybridized carbons (Fsp3) is 0.125. The zero-order chi connectivity index (χ0) is 14.1. The Morgan fingerprint density at radius 1 is 1.25 bits per heavy atom. The number of aromatic nitrogens is 1. The molecule has 0 saturated heterocycles. The molecule has 0 amide bonds. The van der Waals surface area contributed by atoms with E-state index in [0.717, 1.165) is 22.2 Å². The summed E-state index contributed by atoms with van der Waals surface area (Å²) in [6, 6.07) is 11.8. The van der Waals surface area contributed by atoms with Crippen LogP contribution in [0.1, 0.15) is 20.9 Å². The number of halogens is 1. The first-order valence-corrected chi connectivity index (χ1v) is 7.52. The summed E-state index contributed by atoms with van der Waals surface area (Å²) in [6.45, 7) is 1.91. The second-order valence-electron chi connectivity index (χ2n) is 4.66. The average Bonchev–Trinajstić information content (AvgIpc) is 2.79. The lowest BCUT2D eigenvalue weighted by Gasteiger charge is -2.02. The smallest absolute Gasteiger partial charge is 0.180 e. The molecule has 0 spiro atoms. The number of aryl methyl sites for hydroxylation is 1. The Labute approximate surface area is 126 Å². The molecule has 100 valence electrons. The van der Waals surface area contributed by atoms with Crippen molar-refractivity contribution < 1.29 is 4.79 Å². The van der Waals surface area contributed by atoms with Gasteiger partial charge in [-0.1, -0.05) is 35.9 Å². The lowest BCUT2D eigenvalue weighted by atomic mass is 10.1. The summed E-state index contributed by atoms with van der Waals surface area (Å²) >= 11 is 7.53. The number of pyridine rings is 1. The van der Waals surface area contributed by atoms with Crippen molar-refractivity contribution >= 4 is 39.6 Å². The number of carbonyl (C=O) groups is 1. The molecular formula is C16H12ClNOS. The van der Waals surface area contributed by atoms with Gasteiger partial charge in [-0.15, -0.1) is 11.3 Å². The molecule has 2 nitrogen and oxygen atoms in total. The number of rotatable bonds is 3. The second-order valence-corrected chi connectivity index (χ2v) is 5.91. The fourth-order valence-corrected chi connectivity index (χ4v) is 3.31.